The van der Waals surface area contributed by atoms with Crippen LogP contribution in [0.15, 0.2) is 18.2 Å². The quantitative estimate of drug-likeness (QED) is 0.897. The van der Waals surface area contributed by atoms with Crippen molar-refractivity contribution in [3.63, 3.8) is 0 Å². The first-order valence-corrected chi connectivity index (χ1v) is 7.47. The highest BCUT2D eigenvalue weighted by atomic mass is 16.5. The van der Waals surface area contributed by atoms with Crippen molar-refractivity contribution in [3.05, 3.63) is 34.9 Å². The number of methoxy groups -OCH3 is 1. The van der Waals surface area contributed by atoms with Gasteiger partial charge in [0.25, 0.3) is 0 Å². The Morgan fingerprint density at radius 1 is 1.20 bits per heavy atom. The van der Waals surface area contributed by atoms with Crippen LogP contribution in [-0.4, -0.2) is 39.0 Å². The van der Waals surface area contributed by atoms with Crippen LogP contribution in [0.5, 0.6) is 0 Å². The molecule has 0 radical (unpaired) electrons. The fourth-order valence-corrected chi connectivity index (χ4v) is 3.39. The lowest BCUT2D eigenvalue weighted by Crippen LogP contribution is -2.55. The number of aryl methyl sites for hydroxylation is 2. The van der Waals surface area contributed by atoms with E-state index < -0.39 is 0 Å². The van der Waals surface area contributed by atoms with Gasteiger partial charge < -0.3 is 14.8 Å². The highest BCUT2D eigenvalue weighted by molar-refractivity contribution is 5.29. The number of benzene rings is 1. The van der Waals surface area contributed by atoms with Crippen molar-refractivity contribution >= 4 is 0 Å². The third-order valence-corrected chi connectivity index (χ3v) is 4.45. The molecule has 1 aliphatic heterocycles. The summed E-state index contributed by atoms with van der Waals surface area (Å²) in [5.41, 5.74) is 3.93. The van der Waals surface area contributed by atoms with E-state index in [0.717, 1.165) is 32.5 Å². The van der Waals surface area contributed by atoms with E-state index in [1.54, 1.807) is 0 Å². The zero-order valence-electron chi connectivity index (χ0n) is 13.2. The summed E-state index contributed by atoms with van der Waals surface area (Å²) in [6.45, 7) is 5.90. The molecule has 0 aliphatic carbocycles. The monoisotopic (exact) mass is 277 g/mol. The first kappa shape index (κ1) is 15.5. The number of nitrogens with one attached hydrogen (secondary N) is 1. The van der Waals surface area contributed by atoms with Gasteiger partial charge in [0.05, 0.1) is 5.60 Å². The van der Waals surface area contributed by atoms with Gasteiger partial charge in [-0.1, -0.05) is 29.3 Å². The predicted molar refractivity (Wildman–Crippen MR) is 82.3 cm³/mol. The van der Waals surface area contributed by atoms with Crippen molar-refractivity contribution in [1.29, 1.82) is 0 Å². The summed E-state index contributed by atoms with van der Waals surface area (Å²) in [5, 5.41) is 3.47. The zero-order valence-corrected chi connectivity index (χ0v) is 13.2. The minimum Gasteiger partial charge on any atom is -0.381 e. The second-order valence-electron chi connectivity index (χ2n) is 5.92. The molecule has 112 valence electrons. The SMILES string of the molecule is CNC(Cc1cc(C)cc(C)c1)C1(OC)CCOCC1. The van der Waals surface area contributed by atoms with Crippen molar-refractivity contribution in [2.24, 2.45) is 0 Å². The number of rotatable bonds is 5. The minimum absolute atomic E-state index is 0.106. The van der Waals surface area contributed by atoms with E-state index in [0.29, 0.717) is 6.04 Å². The molecule has 2 rings (SSSR count). The fourth-order valence-electron chi connectivity index (χ4n) is 3.39. The van der Waals surface area contributed by atoms with Crippen LogP contribution < -0.4 is 5.32 Å². The molecule has 20 heavy (non-hydrogen) atoms. The van der Waals surface area contributed by atoms with Gasteiger partial charge in [-0.3, -0.25) is 0 Å². The summed E-state index contributed by atoms with van der Waals surface area (Å²) in [6, 6.07) is 7.09. The Kier molecular flexibility index (Phi) is 5.19. The average Bonchev–Trinajstić information content (AvgIpc) is 2.44. The Labute approximate surface area is 122 Å². The van der Waals surface area contributed by atoms with E-state index in [9.17, 15) is 0 Å². The van der Waals surface area contributed by atoms with Gasteiger partial charge >= 0.3 is 0 Å². The van der Waals surface area contributed by atoms with Crippen LogP contribution in [0.25, 0.3) is 0 Å². The molecule has 1 unspecified atom stereocenters. The molecule has 0 aromatic heterocycles. The standard InChI is InChI=1S/C17H27NO2/c1-13-9-14(2)11-15(10-13)12-16(18-3)17(19-4)5-7-20-8-6-17/h9-11,16,18H,5-8,12H2,1-4H3. The first-order valence-electron chi connectivity index (χ1n) is 7.47. The molecule has 1 aromatic carbocycles. The van der Waals surface area contributed by atoms with E-state index in [-0.39, 0.29) is 5.60 Å². The second-order valence-corrected chi connectivity index (χ2v) is 5.92. The topological polar surface area (TPSA) is 30.5 Å². The van der Waals surface area contributed by atoms with Crippen molar-refractivity contribution in [1.82, 2.24) is 5.32 Å². The van der Waals surface area contributed by atoms with Gasteiger partial charge in [-0.25, -0.2) is 0 Å². The number of hydrogen-bond acceptors (Lipinski definition) is 3. The Morgan fingerprint density at radius 3 is 2.30 bits per heavy atom. The largest absolute Gasteiger partial charge is 0.381 e. The van der Waals surface area contributed by atoms with Gasteiger partial charge in [-0.05, 0) is 32.9 Å². The third-order valence-electron chi connectivity index (χ3n) is 4.45. The van der Waals surface area contributed by atoms with E-state index in [4.69, 9.17) is 9.47 Å². The van der Waals surface area contributed by atoms with Gasteiger partial charge in [0, 0.05) is 39.2 Å². The number of ether oxygens (including phenoxy) is 2. The summed E-state index contributed by atoms with van der Waals surface area (Å²) in [7, 11) is 3.86. The molecule has 1 atom stereocenters. The highest BCUT2D eigenvalue weighted by Crippen LogP contribution is 2.30. The van der Waals surface area contributed by atoms with E-state index in [1.807, 2.05) is 14.2 Å². The van der Waals surface area contributed by atoms with Crippen molar-refractivity contribution in [2.75, 3.05) is 27.4 Å². The maximum Gasteiger partial charge on any atom is 0.0877 e. The Bertz CT molecular complexity index is 418. The van der Waals surface area contributed by atoms with E-state index in [2.05, 4.69) is 37.4 Å². The van der Waals surface area contributed by atoms with E-state index >= 15 is 0 Å². The van der Waals surface area contributed by atoms with Crippen molar-refractivity contribution in [3.8, 4) is 0 Å². The molecular weight excluding hydrogens is 250 g/mol. The molecule has 1 N–H and O–H groups in total. The van der Waals surface area contributed by atoms with Crippen LogP contribution in [-0.2, 0) is 15.9 Å². The molecule has 1 aromatic rings. The summed E-state index contributed by atoms with van der Waals surface area (Å²) < 4.78 is 11.4. The predicted octanol–water partition coefficient (Wildman–Crippen LogP) is 2.63. The Hall–Kier alpha value is -0.900. The van der Waals surface area contributed by atoms with Gasteiger partial charge in [0.1, 0.15) is 0 Å². The van der Waals surface area contributed by atoms with Crippen LogP contribution in [0.1, 0.15) is 29.5 Å². The molecule has 1 heterocycles. The van der Waals surface area contributed by atoms with E-state index in [1.165, 1.54) is 16.7 Å². The molecule has 0 spiro atoms. The van der Waals surface area contributed by atoms with Crippen molar-refractivity contribution < 1.29 is 9.47 Å². The molecule has 0 amide bonds. The second kappa shape index (κ2) is 6.70. The molecule has 3 heteroatoms. The molecule has 0 bridgehead atoms. The van der Waals surface area contributed by atoms with Gasteiger partial charge in [0.2, 0.25) is 0 Å². The molecule has 1 fully saturated rings. The smallest absolute Gasteiger partial charge is 0.0877 e. The van der Waals surface area contributed by atoms with Crippen molar-refractivity contribution in [2.45, 2.75) is 44.8 Å². The fraction of sp³-hybridized carbons (Fsp3) is 0.647. The van der Waals surface area contributed by atoms with Gasteiger partial charge in [0.15, 0.2) is 0 Å². The number of likely N-dealkylation sites (N-methyl/N-ethyl adjacent to an activating group) is 1. The maximum atomic E-state index is 5.92. The molecule has 1 saturated heterocycles. The highest BCUT2D eigenvalue weighted by Gasteiger charge is 2.39. The maximum absolute atomic E-state index is 5.92. The van der Waals surface area contributed by atoms with Crippen LogP contribution in [0.2, 0.25) is 0 Å². The Balaban J connectivity index is 2.18. The normalized spacial score (nSPS) is 19.8. The molecular formula is C17H27NO2. The molecule has 1 aliphatic rings. The summed E-state index contributed by atoms with van der Waals surface area (Å²) in [6.07, 6.45) is 2.91. The van der Waals surface area contributed by atoms with Crippen LogP contribution >= 0.6 is 0 Å². The Morgan fingerprint density at radius 2 is 1.80 bits per heavy atom. The van der Waals surface area contributed by atoms with Gasteiger partial charge in [-0.2, -0.15) is 0 Å². The average molecular weight is 277 g/mol. The van der Waals surface area contributed by atoms with Crippen LogP contribution in [0, 0.1) is 13.8 Å². The first-order chi connectivity index (χ1) is 9.59. The lowest BCUT2D eigenvalue weighted by atomic mass is 9.82. The zero-order chi connectivity index (χ0) is 14.6. The van der Waals surface area contributed by atoms with Crippen LogP contribution in [0.4, 0.5) is 0 Å². The summed E-state index contributed by atoms with van der Waals surface area (Å²) in [4.78, 5) is 0. The summed E-state index contributed by atoms with van der Waals surface area (Å²) in [5.74, 6) is 0. The van der Waals surface area contributed by atoms with Gasteiger partial charge in [-0.15, -0.1) is 0 Å². The number of hydrogen-bond donors (Lipinski definition) is 1. The third kappa shape index (κ3) is 3.40. The lowest BCUT2D eigenvalue weighted by Gasteiger charge is -2.42. The van der Waals surface area contributed by atoms with Crippen LogP contribution in [0.3, 0.4) is 0 Å². The molecule has 3 nitrogen and oxygen atoms in total. The lowest BCUT2D eigenvalue weighted by molar-refractivity contribution is -0.109. The summed E-state index contributed by atoms with van der Waals surface area (Å²) >= 11 is 0. The molecule has 0 saturated carbocycles. The minimum atomic E-state index is -0.106.